The van der Waals surface area contributed by atoms with E-state index in [0.717, 1.165) is 0 Å². The first kappa shape index (κ1) is 12.2. The Bertz CT molecular complexity index is 374. The van der Waals surface area contributed by atoms with Crippen LogP contribution in [-0.2, 0) is 4.79 Å². The average Bonchev–Trinajstić information content (AvgIpc) is 2.25. The van der Waals surface area contributed by atoms with Crippen LogP contribution in [0.5, 0.6) is 0 Å². The molecule has 1 rings (SSSR count). The molecule has 0 spiro atoms. The molecule has 4 nitrogen and oxygen atoms in total. The van der Waals surface area contributed by atoms with E-state index in [1.54, 1.807) is 24.3 Å². The maximum Gasteiger partial charge on any atom is 0.251 e. The predicted octanol–water partition coefficient (Wildman–Crippen LogP) is 0.926. The number of hydrogen-bond acceptors (Lipinski definition) is 2. The third-order valence-electron chi connectivity index (χ3n) is 2.30. The fourth-order valence-electron chi connectivity index (χ4n) is 1.38. The van der Waals surface area contributed by atoms with Gasteiger partial charge in [-0.05, 0) is 18.1 Å². The maximum atomic E-state index is 11.7. The van der Waals surface area contributed by atoms with Gasteiger partial charge in [-0.2, -0.15) is 0 Å². The van der Waals surface area contributed by atoms with Crippen LogP contribution in [0.1, 0.15) is 24.2 Å². The number of primary amides is 1. The molecule has 0 aliphatic carbocycles. The second-order valence-corrected chi connectivity index (χ2v) is 3.96. The van der Waals surface area contributed by atoms with Crippen LogP contribution in [0.15, 0.2) is 30.3 Å². The van der Waals surface area contributed by atoms with Gasteiger partial charge in [-0.3, -0.25) is 9.59 Å². The normalized spacial score (nSPS) is 12.2. The van der Waals surface area contributed by atoms with Crippen LogP contribution in [0.2, 0.25) is 0 Å². The lowest BCUT2D eigenvalue weighted by molar-refractivity contribution is -0.120. The number of rotatable bonds is 4. The van der Waals surface area contributed by atoms with Crippen molar-refractivity contribution >= 4 is 11.8 Å². The number of benzene rings is 1. The van der Waals surface area contributed by atoms with Gasteiger partial charge in [0.2, 0.25) is 5.91 Å². The average molecular weight is 220 g/mol. The zero-order valence-corrected chi connectivity index (χ0v) is 9.44. The molecular formula is C12H16N2O2. The van der Waals surface area contributed by atoms with Crippen molar-refractivity contribution in [1.29, 1.82) is 0 Å². The Balaban J connectivity index is 2.74. The molecule has 0 fully saturated rings. The molecule has 0 unspecified atom stereocenters. The minimum Gasteiger partial charge on any atom is -0.368 e. The summed E-state index contributed by atoms with van der Waals surface area (Å²) in [6.45, 7) is 3.67. The van der Waals surface area contributed by atoms with Crippen molar-refractivity contribution < 1.29 is 9.59 Å². The largest absolute Gasteiger partial charge is 0.368 e. The molecule has 2 amide bonds. The van der Waals surface area contributed by atoms with Crippen LogP contribution >= 0.6 is 0 Å². The summed E-state index contributed by atoms with van der Waals surface area (Å²) in [4.78, 5) is 22.9. The minimum absolute atomic E-state index is 0.0230. The summed E-state index contributed by atoms with van der Waals surface area (Å²) in [7, 11) is 0. The first-order valence-corrected chi connectivity index (χ1v) is 5.17. The van der Waals surface area contributed by atoms with E-state index in [4.69, 9.17) is 5.73 Å². The smallest absolute Gasteiger partial charge is 0.251 e. The van der Waals surface area contributed by atoms with Gasteiger partial charge in [-0.15, -0.1) is 0 Å². The first-order chi connectivity index (χ1) is 7.52. The summed E-state index contributed by atoms with van der Waals surface area (Å²) in [5, 5.41) is 2.62. The molecule has 3 N–H and O–H groups in total. The highest BCUT2D eigenvalue weighted by Gasteiger charge is 2.21. The molecular weight excluding hydrogens is 204 g/mol. The molecule has 0 aliphatic rings. The summed E-state index contributed by atoms with van der Waals surface area (Å²) < 4.78 is 0. The van der Waals surface area contributed by atoms with E-state index in [1.165, 1.54) is 0 Å². The van der Waals surface area contributed by atoms with Crippen LogP contribution in [-0.4, -0.2) is 17.9 Å². The number of amides is 2. The Hall–Kier alpha value is -1.84. The van der Waals surface area contributed by atoms with Crippen LogP contribution in [0.3, 0.4) is 0 Å². The SMILES string of the molecule is CC(C)[C@H](NC(=O)c1ccccc1)C(N)=O. The number of nitrogens with one attached hydrogen (secondary N) is 1. The quantitative estimate of drug-likeness (QED) is 0.792. The lowest BCUT2D eigenvalue weighted by Gasteiger charge is -2.18. The molecule has 4 heteroatoms. The zero-order chi connectivity index (χ0) is 12.1. The second kappa shape index (κ2) is 5.30. The van der Waals surface area contributed by atoms with Crippen molar-refractivity contribution in [3.05, 3.63) is 35.9 Å². The monoisotopic (exact) mass is 220 g/mol. The predicted molar refractivity (Wildman–Crippen MR) is 61.7 cm³/mol. The molecule has 1 aromatic carbocycles. The maximum absolute atomic E-state index is 11.7. The molecule has 0 aliphatic heterocycles. The second-order valence-electron chi connectivity index (χ2n) is 3.96. The van der Waals surface area contributed by atoms with Gasteiger partial charge in [-0.1, -0.05) is 32.0 Å². The van der Waals surface area contributed by atoms with Crippen molar-refractivity contribution in [1.82, 2.24) is 5.32 Å². The van der Waals surface area contributed by atoms with E-state index in [9.17, 15) is 9.59 Å². The van der Waals surface area contributed by atoms with Crippen LogP contribution in [0, 0.1) is 5.92 Å². The van der Waals surface area contributed by atoms with Crippen molar-refractivity contribution in [2.24, 2.45) is 11.7 Å². The Kier molecular flexibility index (Phi) is 4.05. The van der Waals surface area contributed by atoms with Crippen LogP contribution < -0.4 is 11.1 Å². The molecule has 0 aromatic heterocycles. The lowest BCUT2D eigenvalue weighted by atomic mass is 10.0. The highest BCUT2D eigenvalue weighted by molar-refractivity contribution is 5.97. The third-order valence-corrected chi connectivity index (χ3v) is 2.30. The van der Waals surface area contributed by atoms with Crippen molar-refractivity contribution in [3.8, 4) is 0 Å². The Morgan fingerprint density at radius 1 is 1.19 bits per heavy atom. The van der Waals surface area contributed by atoms with Gasteiger partial charge in [0.15, 0.2) is 0 Å². The fraction of sp³-hybridized carbons (Fsp3) is 0.333. The van der Waals surface area contributed by atoms with Gasteiger partial charge in [0, 0.05) is 5.56 Å². The molecule has 16 heavy (non-hydrogen) atoms. The Labute approximate surface area is 94.8 Å². The summed E-state index contributed by atoms with van der Waals surface area (Å²) in [5.41, 5.74) is 5.73. The Morgan fingerprint density at radius 2 is 1.75 bits per heavy atom. The van der Waals surface area contributed by atoms with E-state index in [2.05, 4.69) is 5.32 Å². The molecule has 1 atom stereocenters. The van der Waals surface area contributed by atoms with E-state index in [1.807, 2.05) is 19.9 Å². The van der Waals surface area contributed by atoms with Gasteiger partial charge in [-0.25, -0.2) is 0 Å². The molecule has 0 saturated carbocycles. The molecule has 0 radical (unpaired) electrons. The lowest BCUT2D eigenvalue weighted by Crippen LogP contribution is -2.47. The Morgan fingerprint density at radius 3 is 2.19 bits per heavy atom. The number of nitrogens with two attached hydrogens (primary N) is 1. The summed E-state index contributed by atoms with van der Waals surface area (Å²) in [5.74, 6) is -0.817. The van der Waals surface area contributed by atoms with Gasteiger partial charge in [0.25, 0.3) is 5.91 Å². The van der Waals surface area contributed by atoms with Gasteiger partial charge in [0.1, 0.15) is 6.04 Å². The number of carbonyl (C=O) groups excluding carboxylic acids is 2. The highest BCUT2D eigenvalue weighted by Crippen LogP contribution is 2.04. The molecule has 86 valence electrons. The van der Waals surface area contributed by atoms with Crippen molar-refractivity contribution in [2.45, 2.75) is 19.9 Å². The number of hydrogen-bond donors (Lipinski definition) is 2. The summed E-state index contributed by atoms with van der Waals surface area (Å²) >= 11 is 0. The van der Waals surface area contributed by atoms with E-state index in [0.29, 0.717) is 5.56 Å². The number of carbonyl (C=O) groups is 2. The zero-order valence-electron chi connectivity index (χ0n) is 9.44. The summed E-state index contributed by atoms with van der Waals surface area (Å²) in [6.07, 6.45) is 0. The van der Waals surface area contributed by atoms with E-state index < -0.39 is 11.9 Å². The van der Waals surface area contributed by atoms with Crippen molar-refractivity contribution in [3.63, 3.8) is 0 Å². The van der Waals surface area contributed by atoms with Crippen LogP contribution in [0.25, 0.3) is 0 Å². The molecule has 0 saturated heterocycles. The standard InChI is InChI=1S/C12H16N2O2/c1-8(2)10(11(13)15)14-12(16)9-6-4-3-5-7-9/h3-8,10H,1-2H3,(H2,13,15)(H,14,16)/t10-/m0/s1. The first-order valence-electron chi connectivity index (χ1n) is 5.17. The van der Waals surface area contributed by atoms with E-state index in [-0.39, 0.29) is 11.8 Å². The molecule has 0 heterocycles. The minimum atomic E-state index is -0.632. The fourth-order valence-corrected chi connectivity index (χ4v) is 1.38. The van der Waals surface area contributed by atoms with E-state index >= 15 is 0 Å². The van der Waals surface area contributed by atoms with Crippen molar-refractivity contribution in [2.75, 3.05) is 0 Å². The van der Waals surface area contributed by atoms with Crippen LogP contribution in [0.4, 0.5) is 0 Å². The summed E-state index contributed by atoms with van der Waals surface area (Å²) in [6, 6.07) is 8.10. The third kappa shape index (κ3) is 3.08. The van der Waals surface area contributed by atoms with Gasteiger partial charge < -0.3 is 11.1 Å². The van der Waals surface area contributed by atoms with Gasteiger partial charge in [0.05, 0.1) is 0 Å². The molecule has 0 bridgehead atoms. The van der Waals surface area contributed by atoms with Gasteiger partial charge >= 0.3 is 0 Å². The molecule has 1 aromatic rings. The highest BCUT2D eigenvalue weighted by atomic mass is 16.2. The topological polar surface area (TPSA) is 72.2 Å².